The van der Waals surface area contributed by atoms with E-state index in [0.717, 1.165) is 22.8 Å². The van der Waals surface area contributed by atoms with Gasteiger partial charge in [0.05, 0.1) is 11.6 Å². The van der Waals surface area contributed by atoms with Crippen LogP contribution in [-0.2, 0) is 0 Å². The minimum absolute atomic E-state index is 0.122. The quantitative estimate of drug-likeness (QED) is 0.927. The number of carbonyl (C=O) groups excluding carboxylic acids is 1. The van der Waals surface area contributed by atoms with Crippen molar-refractivity contribution in [3.8, 4) is 11.5 Å². The van der Waals surface area contributed by atoms with Crippen molar-refractivity contribution in [2.45, 2.75) is 33.7 Å². The number of aryl methyl sites for hydroxylation is 2. The molecule has 1 N–H and O–H groups in total. The molecule has 0 aliphatic carbocycles. The Labute approximate surface area is 141 Å². The van der Waals surface area contributed by atoms with Crippen LogP contribution in [0.1, 0.15) is 47.3 Å². The molecule has 0 unspecified atom stereocenters. The molecule has 1 atom stereocenters. The molecule has 3 rings (SSSR count). The van der Waals surface area contributed by atoms with Gasteiger partial charge in [0.15, 0.2) is 11.5 Å². The van der Waals surface area contributed by atoms with Gasteiger partial charge in [0.1, 0.15) is 24.7 Å². The summed E-state index contributed by atoms with van der Waals surface area (Å²) in [6, 6.07) is 7.48. The summed E-state index contributed by atoms with van der Waals surface area (Å²) in [7, 11) is 0. The lowest BCUT2D eigenvalue weighted by molar-refractivity contribution is 0.0923. The lowest BCUT2D eigenvalue weighted by Crippen LogP contribution is -2.32. The Hall–Kier alpha value is -2.43. The SMILES string of the molecule is Cc1cc(C(=O)N[C@@H](c2ccc3c(c2)OCCO3)C(C)C)c(C)o1. The third-order valence-electron chi connectivity index (χ3n) is 4.16. The van der Waals surface area contributed by atoms with Crippen molar-refractivity contribution in [1.29, 1.82) is 0 Å². The fourth-order valence-electron chi connectivity index (χ4n) is 2.96. The minimum atomic E-state index is -0.127. The molecule has 1 aromatic carbocycles. The van der Waals surface area contributed by atoms with Crippen molar-refractivity contribution in [1.82, 2.24) is 5.32 Å². The Morgan fingerprint density at radius 1 is 1.08 bits per heavy atom. The highest BCUT2D eigenvalue weighted by Crippen LogP contribution is 2.34. The fraction of sp³-hybridized carbons (Fsp3) is 0.421. The second-order valence-corrected chi connectivity index (χ2v) is 6.43. The third-order valence-corrected chi connectivity index (χ3v) is 4.16. The summed E-state index contributed by atoms with van der Waals surface area (Å²) in [6.07, 6.45) is 0. The number of hydrogen-bond acceptors (Lipinski definition) is 4. The zero-order chi connectivity index (χ0) is 17.3. The summed E-state index contributed by atoms with van der Waals surface area (Å²) in [4.78, 5) is 12.6. The second-order valence-electron chi connectivity index (χ2n) is 6.43. The minimum Gasteiger partial charge on any atom is -0.486 e. The van der Waals surface area contributed by atoms with Crippen LogP contribution in [0.4, 0.5) is 0 Å². The zero-order valence-corrected chi connectivity index (χ0v) is 14.5. The third kappa shape index (κ3) is 3.25. The maximum absolute atomic E-state index is 12.6. The van der Waals surface area contributed by atoms with E-state index in [0.29, 0.717) is 24.5 Å². The van der Waals surface area contributed by atoms with Gasteiger partial charge in [-0.1, -0.05) is 19.9 Å². The van der Waals surface area contributed by atoms with Crippen molar-refractivity contribution < 1.29 is 18.7 Å². The van der Waals surface area contributed by atoms with Crippen LogP contribution in [0.5, 0.6) is 11.5 Å². The summed E-state index contributed by atoms with van der Waals surface area (Å²) in [5, 5.41) is 3.11. The number of rotatable bonds is 4. The van der Waals surface area contributed by atoms with E-state index in [4.69, 9.17) is 13.9 Å². The largest absolute Gasteiger partial charge is 0.486 e. The van der Waals surface area contributed by atoms with Crippen molar-refractivity contribution in [3.63, 3.8) is 0 Å². The molecule has 5 heteroatoms. The Bertz CT molecular complexity index is 748. The van der Waals surface area contributed by atoms with E-state index in [1.165, 1.54) is 0 Å². The highest BCUT2D eigenvalue weighted by molar-refractivity contribution is 5.95. The highest BCUT2D eigenvalue weighted by Gasteiger charge is 2.23. The van der Waals surface area contributed by atoms with Gasteiger partial charge in [-0.05, 0) is 43.5 Å². The Kier molecular flexibility index (Phi) is 4.51. The standard InChI is InChI=1S/C19H23NO4/c1-11(2)18(20-19(21)15-9-12(3)24-13(15)4)14-5-6-16-17(10-14)23-8-7-22-16/h5-6,9-11,18H,7-8H2,1-4H3,(H,20,21)/t18-/m1/s1. The normalized spacial score (nSPS) is 14.5. The summed E-state index contributed by atoms with van der Waals surface area (Å²) in [6.45, 7) is 8.91. The van der Waals surface area contributed by atoms with Gasteiger partial charge in [-0.25, -0.2) is 0 Å². The van der Waals surface area contributed by atoms with Crippen LogP contribution in [0.25, 0.3) is 0 Å². The van der Waals surface area contributed by atoms with E-state index in [2.05, 4.69) is 19.2 Å². The Morgan fingerprint density at radius 2 is 1.79 bits per heavy atom. The van der Waals surface area contributed by atoms with Gasteiger partial charge < -0.3 is 19.2 Å². The van der Waals surface area contributed by atoms with Gasteiger partial charge in [0.2, 0.25) is 0 Å². The molecule has 0 fully saturated rings. The Balaban J connectivity index is 1.85. The first-order chi connectivity index (χ1) is 11.5. The van der Waals surface area contributed by atoms with E-state index < -0.39 is 0 Å². The van der Waals surface area contributed by atoms with Crippen molar-refractivity contribution in [2.24, 2.45) is 5.92 Å². The number of furan rings is 1. The molecule has 128 valence electrons. The molecule has 1 aliphatic heterocycles. The molecule has 0 saturated heterocycles. The molecule has 1 amide bonds. The Morgan fingerprint density at radius 3 is 2.42 bits per heavy atom. The average molecular weight is 329 g/mol. The number of carbonyl (C=O) groups is 1. The topological polar surface area (TPSA) is 60.7 Å². The van der Waals surface area contributed by atoms with Crippen molar-refractivity contribution >= 4 is 5.91 Å². The number of amides is 1. The molecule has 0 radical (unpaired) electrons. The van der Waals surface area contributed by atoms with Crippen LogP contribution in [-0.4, -0.2) is 19.1 Å². The van der Waals surface area contributed by atoms with Gasteiger partial charge in [-0.3, -0.25) is 4.79 Å². The van der Waals surface area contributed by atoms with E-state index in [-0.39, 0.29) is 17.9 Å². The molecule has 2 heterocycles. The molecule has 0 bridgehead atoms. The lowest BCUT2D eigenvalue weighted by atomic mass is 9.95. The van der Waals surface area contributed by atoms with E-state index in [1.807, 2.05) is 25.1 Å². The monoisotopic (exact) mass is 329 g/mol. The molecular formula is C19H23NO4. The van der Waals surface area contributed by atoms with Gasteiger partial charge in [-0.2, -0.15) is 0 Å². The first-order valence-electron chi connectivity index (χ1n) is 8.23. The van der Waals surface area contributed by atoms with Gasteiger partial charge in [0, 0.05) is 0 Å². The van der Waals surface area contributed by atoms with Gasteiger partial charge in [0.25, 0.3) is 5.91 Å². The number of fused-ring (bicyclic) bond motifs is 1. The van der Waals surface area contributed by atoms with Crippen LogP contribution in [0, 0.1) is 19.8 Å². The van der Waals surface area contributed by atoms with Crippen LogP contribution in [0.2, 0.25) is 0 Å². The van der Waals surface area contributed by atoms with E-state index in [1.54, 1.807) is 13.0 Å². The number of ether oxygens (including phenoxy) is 2. The summed E-state index contributed by atoms with van der Waals surface area (Å²) < 4.78 is 16.7. The van der Waals surface area contributed by atoms with Crippen LogP contribution < -0.4 is 14.8 Å². The molecule has 1 aliphatic rings. The van der Waals surface area contributed by atoms with Crippen LogP contribution in [0.15, 0.2) is 28.7 Å². The summed E-state index contributed by atoms with van der Waals surface area (Å²) in [5.74, 6) is 2.95. The maximum Gasteiger partial charge on any atom is 0.255 e. The first-order valence-corrected chi connectivity index (χ1v) is 8.23. The number of benzene rings is 1. The molecule has 5 nitrogen and oxygen atoms in total. The second kappa shape index (κ2) is 6.59. The molecular weight excluding hydrogens is 306 g/mol. The number of nitrogens with one attached hydrogen (secondary N) is 1. The van der Waals surface area contributed by atoms with Crippen LogP contribution >= 0.6 is 0 Å². The lowest BCUT2D eigenvalue weighted by Gasteiger charge is -2.25. The molecule has 0 spiro atoms. The predicted molar refractivity (Wildman–Crippen MR) is 90.7 cm³/mol. The maximum atomic E-state index is 12.6. The molecule has 2 aromatic rings. The average Bonchev–Trinajstić information content (AvgIpc) is 2.90. The molecule has 24 heavy (non-hydrogen) atoms. The van der Waals surface area contributed by atoms with Crippen molar-refractivity contribution in [2.75, 3.05) is 13.2 Å². The summed E-state index contributed by atoms with van der Waals surface area (Å²) in [5.41, 5.74) is 1.58. The first kappa shape index (κ1) is 16.4. The summed E-state index contributed by atoms with van der Waals surface area (Å²) >= 11 is 0. The smallest absolute Gasteiger partial charge is 0.255 e. The van der Waals surface area contributed by atoms with Gasteiger partial charge >= 0.3 is 0 Å². The van der Waals surface area contributed by atoms with E-state index in [9.17, 15) is 4.79 Å². The van der Waals surface area contributed by atoms with E-state index >= 15 is 0 Å². The van der Waals surface area contributed by atoms with Crippen LogP contribution in [0.3, 0.4) is 0 Å². The van der Waals surface area contributed by atoms with Gasteiger partial charge in [-0.15, -0.1) is 0 Å². The highest BCUT2D eigenvalue weighted by atomic mass is 16.6. The molecule has 1 aromatic heterocycles. The zero-order valence-electron chi connectivity index (χ0n) is 14.5. The molecule has 0 saturated carbocycles. The van der Waals surface area contributed by atoms with Crippen molar-refractivity contribution in [3.05, 3.63) is 46.9 Å². The fourth-order valence-corrected chi connectivity index (χ4v) is 2.96. The predicted octanol–water partition coefficient (Wildman–Crippen LogP) is 3.79. The number of hydrogen-bond donors (Lipinski definition) is 1.